The smallest absolute Gasteiger partial charge is 0.251 e. The summed E-state index contributed by atoms with van der Waals surface area (Å²) >= 11 is 5.92. The molecule has 0 aliphatic heterocycles. The van der Waals surface area contributed by atoms with E-state index in [4.69, 9.17) is 11.6 Å². The molecular weight excluding hydrogens is 456 g/mol. The fraction of sp³-hybridized carbons (Fsp3) is 0.269. The lowest BCUT2D eigenvalue weighted by Crippen LogP contribution is -2.32. The lowest BCUT2D eigenvalue weighted by molar-refractivity contribution is 0.0954. The molecule has 0 saturated heterocycles. The van der Waals surface area contributed by atoms with Gasteiger partial charge in [0.2, 0.25) is 0 Å². The molecule has 0 fully saturated rings. The first-order valence-electron chi connectivity index (χ1n) is 11.0. The Bertz CT molecular complexity index is 1120. The standard InChI is InChI=1S/C26H29ClN2O5/c1-16(29-15-24(32)20-12-21(30)14-22(31)13-20)10-17-4-2-6-19(11-17)26(34)28-9-8-18-5-3-7-23(27)25(18)33/h2-7,11-14,16,24,29-33H,8-10,15H2,1H3,(H,28,34)/t16-,24+/m1/s1. The molecule has 1 amide bonds. The summed E-state index contributed by atoms with van der Waals surface area (Å²) in [5.74, 6) is -0.390. The third-order valence-corrected chi connectivity index (χ3v) is 5.76. The minimum Gasteiger partial charge on any atom is -0.508 e. The quantitative estimate of drug-likeness (QED) is 0.261. The minimum absolute atomic E-state index is 0.00433. The number of para-hydroxylation sites is 1. The molecule has 0 heterocycles. The number of carbonyl (C=O) groups is 1. The highest BCUT2D eigenvalue weighted by molar-refractivity contribution is 6.32. The molecule has 0 aliphatic rings. The zero-order chi connectivity index (χ0) is 24.7. The van der Waals surface area contributed by atoms with Crippen LogP contribution in [0, 0.1) is 0 Å². The number of hydrogen-bond acceptors (Lipinski definition) is 6. The molecule has 180 valence electrons. The molecule has 0 unspecified atom stereocenters. The number of phenols is 3. The number of aromatic hydroxyl groups is 3. The summed E-state index contributed by atoms with van der Waals surface area (Å²) in [5, 5.41) is 45.9. The van der Waals surface area contributed by atoms with Crippen molar-refractivity contribution in [3.63, 3.8) is 0 Å². The van der Waals surface area contributed by atoms with Crippen molar-refractivity contribution in [3.8, 4) is 17.2 Å². The largest absolute Gasteiger partial charge is 0.508 e. The Morgan fingerprint density at radius 1 is 1.00 bits per heavy atom. The molecule has 0 saturated carbocycles. The van der Waals surface area contributed by atoms with Crippen LogP contribution in [0.2, 0.25) is 5.02 Å². The maximum absolute atomic E-state index is 12.6. The first kappa shape index (κ1) is 25.4. The van der Waals surface area contributed by atoms with Gasteiger partial charge < -0.3 is 31.1 Å². The zero-order valence-corrected chi connectivity index (χ0v) is 19.6. The van der Waals surface area contributed by atoms with Crippen LogP contribution in [0.5, 0.6) is 17.2 Å². The molecule has 8 heteroatoms. The van der Waals surface area contributed by atoms with E-state index in [9.17, 15) is 25.2 Å². The number of hydrogen-bond donors (Lipinski definition) is 6. The number of amides is 1. The first-order chi connectivity index (χ1) is 16.2. The predicted octanol–water partition coefficient (Wildman–Crippen LogP) is 3.68. The Morgan fingerprint density at radius 3 is 2.44 bits per heavy atom. The summed E-state index contributed by atoms with van der Waals surface area (Å²) in [6.45, 7) is 2.56. The Morgan fingerprint density at radius 2 is 1.71 bits per heavy atom. The van der Waals surface area contributed by atoms with Crippen molar-refractivity contribution in [2.45, 2.75) is 31.9 Å². The van der Waals surface area contributed by atoms with Gasteiger partial charge in [0.05, 0.1) is 11.1 Å². The number of phenolic OH excluding ortho intramolecular Hbond substituents is 3. The molecular formula is C26H29ClN2O5. The number of aliphatic hydroxyl groups excluding tert-OH is 1. The average molecular weight is 485 g/mol. The van der Waals surface area contributed by atoms with Gasteiger partial charge in [-0.25, -0.2) is 0 Å². The maximum atomic E-state index is 12.6. The number of carbonyl (C=O) groups excluding carboxylic acids is 1. The van der Waals surface area contributed by atoms with Crippen LogP contribution in [0.25, 0.3) is 0 Å². The summed E-state index contributed by atoms with van der Waals surface area (Å²) in [5.41, 5.74) is 2.59. The molecule has 0 aliphatic carbocycles. The number of rotatable bonds is 10. The van der Waals surface area contributed by atoms with Crippen molar-refractivity contribution in [2.24, 2.45) is 0 Å². The SMILES string of the molecule is C[C@H](Cc1cccc(C(=O)NCCc2cccc(Cl)c2O)c1)NC[C@H](O)c1cc(O)cc(O)c1. The molecule has 0 bridgehead atoms. The van der Waals surface area contributed by atoms with Gasteiger partial charge in [-0.2, -0.15) is 0 Å². The molecule has 2 atom stereocenters. The Balaban J connectivity index is 1.50. The van der Waals surface area contributed by atoms with Crippen molar-refractivity contribution in [1.82, 2.24) is 10.6 Å². The van der Waals surface area contributed by atoms with Crippen LogP contribution in [0.4, 0.5) is 0 Å². The van der Waals surface area contributed by atoms with Crippen LogP contribution in [0.1, 0.15) is 40.1 Å². The van der Waals surface area contributed by atoms with Gasteiger partial charge in [0.1, 0.15) is 17.2 Å². The van der Waals surface area contributed by atoms with Crippen molar-refractivity contribution in [1.29, 1.82) is 0 Å². The lowest BCUT2D eigenvalue weighted by Gasteiger charge is -2.18. The van der Waals surface area contributed by atoms with Crippen molar-refractivity contribution >= 4 is 17.5 Å². The van der Waals surface area contributed by atoms with E-state index in [0.29, 0.717) is 36.1 Å². The van der Waals surface area contributed by atoms with Gasteiger partial charge in [0.25, 0.3) is 5.91 Å². The van der Waals surface area contributed by atoms with Crippen LogP contribution in [0.3, 0.4) is 0 Å². The Labute approximate surface area is 203 Å². The monoisotopic (exact) mass is 484 g/mol. The number of aliphatic hydroxyl groups is 1. The second kappa shape index (κ2) is 11.7. The molecule has 34 heavy (non-hydrogen) atoms. The summed E-state index contributed by atoms with van der Waals surface area (Å²) in [6.07, 6.45) is 0.199. The summed E-state index contributed by atoms with van der Waals surface area (Å²) in [4.78, 5) is 12.6. The molecule has 7 nitrogen and oxygen atoms in total. The van der Waals surface area contributed by atoms with E-state index in [2.05, 4.69) is 10.6 Å². The first-order valence-corrected chi connectivity index (χ1v) is 11.4. The van der Waals surface area contributed by atoms with Crippen LogP contribution in [-0.2, 0) is 12.8 Å². The topological polar surface area (TPSA) is 122 Å². The van der Waals surface area contributed by atoms with Crippen molar-refractivity contribution in [3.05, 3.63) is 87.9 Å². The van der Waals surface area contributed by atoms with Gasteiger partial charge in [-0.05, 0) is 66.8 Å². The molecule has 3 rings (SSSR count). The maximum Gasteiger partial charge on any atom is 0.251 e. The van der Waals surface area contributed by atoms with Gasteiger partial charge in [-0.15, -0.1) is 0 Å². The molecule has 0 radical (unpaired) electrons. The Hall–Kier alpha value is -3.26. The summed E-state index contributed by atoms with van der Waals surface area (Å²) in [6, 6.07) is 16.5. The Kier molecular flexibility index (Phi) is 8.76. The van der Waals surface area contributed by atoms with Gasteiger partial charge >= 0.3 is 0 Å². The van der Waals surface area contributed by atoms with Gasteiger partial charge in [-0.1, -0.05) is 35.9 Å². The van der Waals surface area contributed by atoms with Gasteiger partial charge in [0.15, 0.2) is 0 Å². The minimum atomic E-state index is -0.892. The normalized spacial score (nSPS) is 12.8. The molecule has 6 N–H and O–H groups in total. The number of halogens is 1. The van der Waals surface area contributed by atoms with Crippen LogP contribution >= 0.6 is 11.6 Å². The number of nitrogens with one attached hydrogen (secondary N) is 2. The lowest BCUT2D eigenvalue weighted by atomic mass is 10.0. The fourth-order valence-electron chi connectivity index (χ4n) is 3.68. The average Bonchev–Trinajstić information content (AvgIpc) is 2.79. The van der Waals surface area contributed by atoms with E-state index < -0.39 is 6.10 Å². The summed E-state index contributed by atoms with van der Waals surface area (Å²) < 4.78 is 0. The van der Waals surface area contributed by atoms with Crippen molar-refractivity contribution in [2.75, 3.05) is 13.1 Å². The molecule has 3 aromatic rings. The van der Waals surface area contributed by atoms with E-state index >= 15 is 0 Å². The molecule has 3 aromatic carbocycles. The highest BCUT2D eigenvalue weighted by Crippen LogP contribution is 2.27. The second-order valence-electron chi connectivity index (χ2n) is 8.27. The third kappa shape index (κ3) is 7.12. The second-order valence-corrected chi connectivity index (χ2v) is 8.67. The van der Waals surface area contributed by atoms with Gasteiger partial charge in [0, 0.05) is 30.8 Å². The molecule has 0 spiro atoms. The van der Waals surface area contributed by atoms with Crippen LogP contribution in [-0.4, -0.2) is 45.5 Å². The van der Waals surface area contributed by atoms with E-state index in [-0.39, 0.29) is 40.8 Å². The van der Waals surface area contributed by atoms with E-state index in [0.717, 1.165) is 5.56 Å². The molecule has 0 aromatic heterocycles. The van der Waals surface area contributed by atoms with Crippen LogP contribution in [0.15, 0.2) is 60.7 Å². The summed E-state index contributed by atoms with van der Waals surface area (Å²) in [7, 11) is 0. The van der Waals surface area contributed by atoms with Crippen molar-refractivity contribution < 1.29 is 25.2 Å². The highest BCUT2D eigenvalue weighted by atomic mass is 35.5. The van der Waals surface area contributed by atoms with E-state index in [1.54, 1.807) is 24.3 Å². The fourth-order valence-corrected chi connectivity index (χ4v) is 3.87. The van der Waals surface area contributed by atoms with E-state index in [1.165, 1.54) is 18.2 Å². The number of benzene rings is 3. The zero-order valence-electron chi connectivity index (χ0n) is 18.8. The third-order valence-electron chi connectivity index (χ3n) is 5.45. The van der Waals surface area contributed by atoms with E-state index in [1.807, 2.05) is 25.1 Å². The highest BCUT2D eigenvalue weighted by Gasteiger charge is 2.13. The van der Waals surface area contributed by atoms with Gasteiger partial charge in [-0.3, -0.25) is 4.79 Å². The van der Waals surface area contributed by atoms with Crippen LogP contribution < -0.4 is 10.6 Å². The predicted molar refractivity (Wildman–Crippen MR) is 131 cm³/mol.